The van der Waals surface area contributed by atoms with Crippen molar-refractivity contribution in [3.63, 3.8) is 0 Å². The number of aromatic nitrogens is 2. The fourth-order valence-corrected chi connectivity index (χ4v) is 3.66. The lowest BCUT2D eigenvalue weighted by molar-refractivity contribution is 0.103. The van der Waals surface area contributed by atoms with Gasteiger partial charge in [-0.05, 0) is 29.7 Å². The van der Waals surface area contributed by atoms with Crippen LogP contribution in [0.3, 0.4) is 0 Å². The molecule has 126 valence electrons. The Kier molecular flexibility index (Phi) is 3.00. The number of hydrogen-bond acceptors (Lipinski definition) is 5. The van der Waals surface area contributed by atoms with Crippen molar-refractivity contribution in [2.45, 2.75) is 0 Å². The van der Waals surface area contributed by atoms with Crippen LogP contribution in [0, 0.1) is 0 Å². The van der Waals surface area contributed by atoms with Crippen molar-refractivity contribution in [3.8, 4) is 22.8 Å². The number of carbonyl (C=O) groups excluding carboxylic acids is 1. The molecule has 0 unspecified atom stereocenters. The summed E-state index contributed by atoms with van der Waals surface area (Å²) in [6.45, 7) is 0. The Morgan fingerprint density at radius 3 is 2.35 bits per heavy atom. The molecule has 5 heteroatoms. The second-order valence-corrected chi connectivity index (χ2v) is 6.14. The summed E-state index contributed by atoms with van der Waals surface area (Å²) < 4.78 is 10.8. The van der Waals surface area contributed by atoms with Gasteiger partial charge in [0.25, 0.3) is 0 Å². The van der Waals surface area contributed by atoms with Gasteiger partial charge in [-0.25, -0.2) is 4.98 Å². The first-order valence-electron chi connectivity index (χ1n) is 8.21. The van der Waals surface area contributed by atoms with Crippen LogP contribution in [0.1, 0.15) is 16.1 Å². The van der Waals surface area contributed by atoms with Crippen molar-refractivity contribution in [2.75, 3.05) is 14.2 Å². The zero-order chi connectivity index (χ0) is 17.8. The largest absolute Gasteiger partial charge is 0.493 e. The van der Waals surface area contributed by atoms with E-state index in [0.717, 1.165) is 32.9 Å². The highest BCUT2D eigenvalue weighted by Crippen LogP contribution is 2.43. The number of carbonyl (C=O) groups is 1. The molecule has 0 saturated carbocycles. The van der Waals surface area contributed by atoms with Crippen LogP contribution in [0.15, 0.2) is 48.7 Å². The zero-order valence-electron chi connectivity index (χ0n) is 14.2. The van der Waals surface area contributed by atoms with E-state index in [1.807, 2.05) is 36.4 Å². The average Bonchev–Trinajstić information content (AvgIpc) is 2.70. The molecule has 5 nitrogen and oxygen atoms in total. The van der Waals surface area contributed by atoms with Gasteiger partial charge < -0.3 is 9.47 Å². The topological polar surface area (TPSA) is 61.3 Å². The maximum Gasteiger partial charge on any atom is 0.212 e. The van der Waals surface area contributed by atoms with E-state index < -0.39 is 0 Å². The van der Waals surface area contributed by atoms with Gasteiger partial charge in [0.15, 0.2) is 11.5 Å². The molecule has 0 N–H and O–H groups in total. The molecule has 26 heavy (non-hydrogen) atoms. The molecule has 0 fully saturated rings. The lowest BCUT2D eigenvalue weighted by Gasteiger charge is -2.21. The molecular formula is C21H14N2O3. The molecule has 5 rings (SSSR count). The summed E-state index contributed by atoms with van der Waals surface area (Å²) in [6.07, 6.45) is 1.77. The van der Waals surface area contributed by atoms with E-state index in [0.29, 0.717) is 22.8 Å². The number of fused-ring (bicyclic) bond motifs is 4. The number of methoxy groups -OCH3 is 2. The van der Waals surface area contributed by atoms with Gasteiger partial charge in [0.1, 0.15) is 5.69 Å². The molecule has 1 aliphatic carbocycles. The monoisotopic (exact) mass is 342 g/mol. The van der Waals surface area contributed by atoms with Crippen molar-refractivity contribution < 1.29 is 14.3 Å². The second-order valence-electron chi connectivity index (χ2n) is 6.14. The third-order valence-electron chi connectivity index (χ3n) is 4.85. The Labute approximate surface area is 149 Å². The highest BCUT2D eigenvalue weighted by molar-refractivity contribution is 6.27. The quantitative estimate of drug-likeness (QED) is 0.454. The Hall–Kier alpha value is -3.47. The summed E-state index contributed by atoms with van der Waals surface area (Å²) in [7, 11) is 3.13. The highest BCUT2D eigenvalue weighted by Gasteiger charge is 2.30. The third kappa shape index (κ3) is 1.82. The Morgan fingerprint density at radius 2 is 1.58 bits per heavy atom. The van der Waals surface area contributed by atoms with Gasteiger partial charge in [0, 0.05) is 28.1 Å². The molecule has 0 spiro atoms. The lowest BCUT2D eigenvalue weighted by atomic mass is 9.87. The Balaban J connectivity index is 1.97. The summed E-state index contributed by atoms with van der Waals surface area (Å²) in [5, 5.41) is 2.77. The van der Waals surface area contributed by atoms with Gasteiger partial charge in [-0.3, -0.25) is 9.78 Å². The molecule has 0 atom stereocenters. The normalized spacial score (nSPS) is 12.3. The molecule has 0 saturated heterocycles. The van der Waals surface area contributed by atoms with E-state index in [2.05, 4.69) is 9.97 Å². The van der Waals surface area contributed by atoms with Crippen LogP contribution in [0.5, 0.6) is 11.5 Å². The Bertz CT molecular complexity index is 1230. The highest BCUT2D eigenvalue weighted by atomic mass is 16.5. The first-order chi connectivity index (χ1) is 12.7. The second kappa shape index (κ2) is 5.26. The van der Waals surface area contributed by atoms with Crippen molar-refractivity contribution in [3.05, 3.63) is 59.9 Å². The van der Waals surface area contributed by atoms with E-state index in [1.165, 1.54) is 0 Å². The van der Waals surface area contributed by atoms with Crippen LogP contribution in [0.2, 0.25) is 0 Å². The van der Waals surface area contributed by atoms with E-state index in [1.54, 1.807) is 26.5 Å². The number of hydrogen-bond donors (Lipinski definition) is 0. The summed E-state index contributed by atoms with van der Waals surface area (Å²) in [5.74, 6) is 0.947. The zero-order valence-corrected chi connectivity index (χ0v) is 14.2. The molecule has 0 radical (unpaired) electrons. The molecule has 0 aliphatic heterocycles. The van der Waals surface area contributed by atoms with Crippen LogP contribution in [0.4, 0.5) is 0 Å². The Morgan fingerprint density at radius 1 is 0.846 bits per heavy atom. The van der Waals surface area contributed by atoms with Crippen LogP contribution in [-0.4, -0.2) is 30.0 Å². The summed E-state index contributed by atoms with van der Waals surface area (Å²) in [4.78, 5) is 22.4. The van der Waals surface area contributed by atoms with Gasteiger partial charge in [-0.15, -0.1) is 0 Å². The molecule has 2 aromatic carbocycles. The molecule has 4 aromatic rings. The van der Waals surface area contributed by atoms with Gasteiger partial charge in [0.2, 0.25) is 5.78 Å². The number of ether oxygens (including phenoxy) is 2. The number of ketones is 1. The van der Waals surface area contributed by atoms with Gasteiger partial charge in [-0.2, -0.15) is 0 Å². The molecule has 0 bridgehead atoms. The SMILES string of the molecule is COc1cc2c(cc1OC)-c1nccc3c1c(nc1ccccc13)C2=O. The van der Waals surface area contributed by atoms with Crippen LogP contribution in [-0.2, 0) is 0 Å². The van der Waals surface area contributed by atoms with Crippen molar-refractivity contribution in [2.24, 2.45) is 0 Å². The first-order valence-corrected chi connectivity index (χ1v) is 8.21. The number of rotatable bonds is 2. The maximum atomic E-state index is 13.2. The predicted octanol–water partition coefficient (Wildman–Crippen LogP) is 4.01. The van der Waals surface area contributed by atoms with Crippen LogP contribution in [0.25, 0.3) is 32.9 Å². The van der Waals surface area contributed by atoms with E-state index in [9.17, 15) is 4.79 Å². The summed E-state index contributed by atoms with van der Waals surface area (Å²) in [5.41, 5.74) is 3.23. The minimum atomic E-state index is -0.128. The van der Waals surface area contributed by atoms with Crippen molar-refractivity contribution in [1.29, 1.82) is 0 Å². The standard InChI is InChI=1S/C21H14N2O3/c1-25-16-9-13-14(10-17(16)26-2)21(24)20-18-12(7-8-22-19(13)18)11-5-3-4-6-15(11)23-20/h3-10H,1-2H3. The number of para-hydroxylation sites is 1. The van der Waals surface area contributed by atoms with E-state index >= 15 is 0 Å². The number of pyridine rings is 2. The predicted molar refractivity (Wildman–Crippen MR) is 99.0 cm³/mol. The molecule has 1 aliphatic rings. The molecular weight excluding hydrogens is 328 g/mol. The summed E-state index contributed by atoms with van der Waals surface area (Å²) in [6, 6.07) is 13.3. The first kappa shape index (κ1) is 14.8. The van der Waals surface area contributed by atoms with Crippen LogP contribution < -0.4 is 9.47 Å². The average molecular weight is 342 g/mol. The maximum absolute atomic E-state index is 13.2. The minimum Gasteiger partial charge on any atom is -0.493 e. The summed E-state index contributed by atoms with van der Waals surface area (Å²) >= 11 is 0. The van der Waals surface area contributed by atoms with Gasteiger partial charge in [-0.1, -0.05) is 18.2 Å². The fraction of sp³-hybridized carbons (Fsp3) is 0.0952. The van der Waals surface area contributed by atoms with Crippen molar-refractivity contribution >= 4 is 27.5 Å². The van der Waals surface area contributed by atoms with Gasteiger partial charge >= 0.3 is 0 Å². The molecule has 2 aromatic heterocycles. The van der Waals surface area contributed by atoms with Gasteiger partial charge in [0.05, 0.1) is 25.4 Å². The van der Waals surface area contributed by atoms with Crippen LogP contribution >= 0.6 is 0 Å². The number of nitrogens with zero attached hydrogens (tertiary/aromatic N) is 2. The lowest BCUT2D eigenvalue weighted by Crippen LogP contribution is -2.14. The smallest absolute Gasteiger partial charge is 0.212 e. The molecule has 2 heterocycles. The number of benzene rings is 2. The molecule has 0 amide bonds. The fourth-order valence-electron chi connectivity index (χ4n) is 3.66. The minimum absolute atomic E-state index is 0.128. The van der Waals surface area contributed by atoms with Crippen molar-refractivity contribution in [1.82, 2.24) is 9.97 Å². The van der Waals surface area contributed by atoms with E-state index in [4.69, 9.17) is 9.47 Å². The van der Waals surface area contributed by atoms with E-state index in [-0.39, 0.29) is 5.78 Å². The third-order valence-corrected chi connectivity index (χ3v) is 4.85.